The molecule has 2 rings (SSSR count). The topological polar surface area (TPSA) is 80.5 Å². The molecular weight excluding hydrogens is 384 g/mol. The van der Waals surface area contributed by atoms with E-state index in [1.165, 1.54) is 31.2 Å². The first-order valence-electron chi connectivity index (χ1n) is 7.84. The third-order valence-corrected chi connectivity index (χ3v) is 3.22. The highest BCUT2D eigenvalue weighted by atomic mass is 19.3. The van der Waals surface area contributed by atoms with Gasteiger partial charge in [-0.15, -0.1) is 5.11 Å². The number of aliphatic hydroxyl groups is 1. The van der Waals surface area contributed by atoms with Crippen LogP contribution in [0.15, 0.2) is 58.4 Å². The zero-order chi connectivity index (χ0) is 20.7. The summed E-state index contributed by atoms with van der Waals surface area (Å²) in [6, 6.07) is 7.67. The van der Waals surface area contributed by atoms with Crippen molar-refractivity contribution in [3.8, 4) is 5.75 Å². The molecule has 1 N–H and O–H groups in total. The molecule has 0 bridgehead atoms. The normalized spacial score (nSPS) is 12.2. The lowest BCUT2D eigenvalue weighted by Gasteiger charge is -2.08. The van der Waals surface area contributed by atoms with Gasteiger partial charge in [-0.25, -0.2) is 13.6 Å². The SMILES string of the molecule is CCOC(=O)C(N=Nc1ccc(OC(F)F)cc1)=C(O)c1c(F)cccc1F. The Bertz CT molecular complexity index is 879. The van der Waals surface area contributed by atoms with E-state index in [2.05, 4.69) is 15.0 Å². The van der Waals surface area contributed by atoms with Crippen LogP contribution in [0.5, 0.6) is 5.75 Å². The van der Waals surface area contributed by atoms with Gasteiger partial charge in [0.1, 0.15) is 17.4 Å². The number of rotatable bonds is 7. The average Bonchev–Trinajstić information content (AvgIpc) is 2.63. The Balaban J connectivity index is 2.41. The number of benzene rings is 2. The fourth-order valence-electron chi connectivity index (χ4n) is 2.03. The first-order chi connectivity index (χ1) is 13.3. The molecule has 0 spiro atoms. The molecule has 0 unspecified atom stereocenters. The monoisotopic (exact) mass is 398 g/mol. The van der Waals surface area contributed by atoms with Crippen LogP contribution >= 0.6 is 0 Å². The van der Waals surface area contributed by atoms with E-state index in [-0.39, 0.29) is 18.0 Å². The number of esters is 1. The van der Waals surface area contributed by atoms with Crippen molar-refractivity contribution in [1.29, 1.82) is 0 Å². The number of carbonyl (C=O) groups excluding carboxylic acids is 1. The summed E-state index contributed by atoms with van der Waals surface area (Å²) in [5.74, 6) is -4.64. The molecule has 0 saturated heterocycles. The van der Waals surface area contributed by atoms with Crippen LogP contribution in [0, 0.1) is 11.6 Å². The summed E-state index contributed by atoms with van der Waals surface area (Å²) in [5, 5.41) is 17.4. The number of aliphatic hydroxyl groups excluding tert-OH is 1. The molecule has 0 aromatic heterocycles. The van der Waals surface area contributed by atoms with Crippen molar-refractivity contribution in [3.05, 3.63) is 65.4 Å². The van der Waals surface area contributed by atoms with Gasteiger partial charge < -0.3 is 14.6 Å². The van der Waals surface area contributed by atoms with E-state index < -0.39 is 41.2 Å². The third-order valence-electron chi connectivity index (χ3n) is 3.22. The highest BCUT2D eigenvalue weighted by Crippen LogP contribution is 2.26. The molecule has 0 heterocycles. The van der Waals surface area contributed by atoms with Crippen LogP contribution in [0.1, 0.15) is 12.5 Å². The summed E-state index contributed by atoms with van der Waals surface area (Å²) in [5.41, 5.74) is -1.62. The van der Waals surface area contributed by atoms with E-state index >= 15 is 0 Å². The van der Waals surface area contributed by atoms with Crippen LogP contribution in [-0.2, 0) is 9.53 Å². The molecule has 2 aromatic rings. The lowest BCUT2D eigenvalue weighted by molar-refractivity contribution is -0.138. The van der Waals surface area contributed by atoms with Crippen molar-refractivity contribution in [3.63, 3.8) is 0 Å². The summed E-state index contributed by atoms with van der Waals surface area (Å²) in [6.45, 7) is -1.61. The van der Waals surface area contributed by atoms with E-state index in [4.69, 9.17) is 4.74 Å². The van der Waals surface area contributed by atoms with Gasteiger partial charge in [0.05, 0.1) is 17.9 Å². The zero-order valence-corrected chi connectivity index (χ0v) is 14.4. The van der Waals surface area contributed by atoms with Gasteiger partial charge in [0.2, 0.25) is 5.70 Å². The number of hydrogen-bond donors (Lipinski definition) is 1. The predicted molar refractivity (Wildman–Crippen MR) is 90.1 cm³/mol. The number of ether oxygens (including phenoxy) is 2. The van der Waals surface area contributed by atoms with E-state index in [1.54, 1.807) is 0 Å². The van der Waals surface area contributed by atoms with E-state index in [1.807, 2.05) is 0 Å². The second kappa shape index (κ2) is 9.49. The van der Waals surface area contributed by atoms with Crippen LogP contribution in [0.25, 0.3) is 5.76 Å². The standard InChI is InChI=1S/C18H14F4N2O4/c1-2-27-17(26)15(16(25)14-12(19)4-3-5-13(14)20)24-23-10-6-8-11(9-7-10)28-18(21)22/h3-9,18,25H,2H2,1H3. The molecule has 0 aliphatic rings. The number of halogens is 4. The Labute approximate surface area is 156 Å². The van der Waals surface area contributed by atoms with Crippen LogP contribution < -0.4 is 4.74 Å². The quantitative estimate of drug-likeness (QED) is 0.230. The van der Waals surface area contributed by atoms with Gasteiger partial charge in [0, 0.05) is 0 Å². The maximum Gasteiger partial charge on any atom is 0.387 e. The number of alkyl halides is 2. The molecule has 0 saturated carbocycles. The van der Waals surface area contributed by atoms with Crippen molar-refractivity contribution in [2.45, 2.75) is 13.5 Å². The van der Waals surface area contributed by atoms with Crippen LogP contribution in [0.4, 0.5) is 23.2 Å². The van der Waals surface area contributed by atoms with Gasteiger partial charge in [-0.1, -0.05) is 6.07 Å². The van der Waals surface area contributed by atoms with Crippen LogP contribution in [-0.4, -0.2) is 24.3 Å². The number of hydrogen-bond acceptors (Lipinski definition) is 6. The van der Waals surface area contributed by atoms with E-state index in [0.717, 1.165) is 18.2 Å². The number of nitrogens with zero attached hydrogens (tertiary/aromatic N) is 2. The second-order valence-electron chi connectivity index (χ2n) is 5.09. The average molecular weight is 398 g/mol. The van der Waals surface area contributed by atoms with Crippen LogP contribution in [0.3, 0.4) is 0 Å². The highest BCUT2D eigenvalue weighted by molar-refractivity contribution is 5.95. The molecule has 0 aliphatic carbocycles. The summed E-state index contributed by atoms with van der Waals surface area (Å²) in [7, 11) is 0. The summed E-state index contributed by atoms with van der Waals surface area (Å²) < 4.78 is 61.0. The molecule has 0 atom stereocenters. The Morgan fingerprint density at radius 1 is 1.11 bits per heavy atom. The zero-order valence-electron chi connectivity index (χ0n) is 14.4. The maximum atomic E-state index is 13.9. The summed E-state index contributed by atoms with van der Waals surface area (Å²) >= 11 is 0. The lowest BCUT2D eigenvalue weighted by Crippen LogP contribution is -2.09. The van der Waals surface area contributed by atoms with Crippen molar-refractivity contribution < 1.29 is 36.9 Å². The fraction of sp³-hybridized carbons (Fsp3) is 0.167. The maximum absolute atomic E-state index is 13.9. The molecule has 10 heteroatoms. The van der Waals surface area contributed by atoms with Gasteiger partial charge >= 0.3 is 12.6 Å². The number of azo groups is 1. The third kappa shape index (κ3) is 5.29. The highest BCUT2D eigenvalue weighted by Gasteiger charge is 2.23. The van der Waals surface area contributed by atoms with Gasteiger partial charge in [-0.2, -0.15) is 13.9 Å². The summed E-state index contributed by atoms with van der Waals surface area (Å²) in [6.07, 6.45) is 0. The van der Waals surface area contributed by atoms with Gasteiger partial charge in [0.25, 0.3) is 0 Å². The largest absolute Gasteiger partial charge is 0.505 e. The predicted octanol–water partition coefficient (Wildman–Crippen LogP) is 5.14. The molecule has 28 heavy (non-hydrogen) atoms. The minimum atomic E-state index is -3.00. The van der Waals surface area contributed by atoms with Crippen molar-refractivity contribution >= 4 is 17.4 Å². The Hall–Kier alpha value is -3.43. The van der Waals surface area contributed by atoms with Crippen molar-refractivity contribution in [1.82, 2.24) is 0 Å². The lowest BCUT2D eigenvalue weighted by atomic mass is 10.1. The van der Waals surface area contributed by atoms with Crippen molar-refractivity contribution in [2.24, 2.45) is 10.2 Å². The van der Waals surface area contributed by atoms with Crippen molar-refractivity contribution in [2.75, 3.05) is 6.61 Å². The second-order valence-corrected chi connectivity index (χ2v) is 5.09. The van der Waals surface area contributed by atoms with E-state index in [9.17, 15) is 27.5 Å². The smallest absolute Gasteiger partial charge is 0.387 e. The van der Waals surface area contributed by atoms with Crippen LogP contribution in [0.2, 0.25) is 0 Å². The van der Waals surface area contributed by atoms with Gasteiger partial charge in [-0.05, 0) is 43.3 Å². The summed E-state index contributed by atoms with van der Waals surface area (Å²) in [4.78, 5) is 12.0. The molecule has 0 aliphatic heterocycles. The molecule has 6 nitrogen and oxygen atoms in total. The number of carbonyl (C=O) groups is 1. The molecular formula is C18H14F4N2O4. The molecule has 0 amide bonds. The Kier molecular flexibility index (Phi) is 7.08. The van der Waals surface area contributed by atoms with Gasteiger partial charge in [-0.3, -0.25) is 0 Å². The Morgan fingerprint density at radius 3 is 2.25 bits per heavy atom. The molecule has 0 fully saturated rings. The molecule has 148 valence electrons. The first kappa shape index (κ1) is 20.9. The minimum absolute atomic E-state index is 0.0882. The molecule has 2 aromatic carbocycles. The first-order valence-corrected chi connectivity index (χ1v) is 7.84. The Morgan fingerprint density at radius 2 is 1.71 bits per heavy atom. The fourth-order valence-corrected chi connectivity index (χ4v) is 2.03. The molecule has 0 radical (unpaired) electrons. The minimum Gasteiger partial charge on any atom is -0.505 e. The van der Waals surface area contributed by atoms with Gasteiger partial charge in [0.15, 0.2) is 5.76 Å². The van der Waals surface area contributed by atoms with E-state index in [0.29, 0.717) is 0 Å².